The minimum atomic E-state index is -0.0527. The Bertz CT molecular complexity index is 206. The lowest BCUT2D eigenvalue weighted by atomic mass is 10.1. The Morgan fingerprint density at radius 3 is 2.92 bits per heavy atom. The first-order valence-electron chi connectivity index (χ1n) is 3.99. The second kappa shape index (κ2) is 4.07. The Labute approximate surface area is 71.5 Å². The highest BCUT2D eigenvalue weighted by atomic mass is 16.5. The quantitative estimate of drug-likeness (QED) is 0.647. The number of hydrogen-bond acceptors (Lipinski definition) is 3. The summed E-state index contributed by atoms with van der Waals surface area (Å²) in [5, 5.41) is 11.1. The average molecular weight is 168 g/mol. The molecule has 12 heavy (non-hydrogen) atoms. The number of nitrogens with one attached hydrogen (secondary N) is 1. The standard InChI is InChI=1S/C8H12N2O2/c1-6(2-3-9)10-8(11)7-4-12-5-7/h6-7H,2,4-5H2,1H3,(H,10,11). The van der Waals surface area contributed by atoms with Crippen molar-refractivity contribution in [3.63, 3.8) is 0 Å². The van der Waals surface area contributed by atoms with Crippen molar-refractivity contribution in [3.8, 4) is 6.07 Å². The molecule has 1 saturated heterocycles. The van der Waals surface area contributed by atoms with E-state index in [2.05, 4.69) is 5.32 Å². The van der Waals surface area contributed by atoms with Gasteiger partial charge in [0.2, 0.25) is 5.91 Å². The normalized spacial score (nSPS) is 19.0. The molecule has 0 bridgehead atoms. The molecule has 1 amide bonds. The van der Waals surface area contributed by atoms with Gasteiger partial charge in [0.25, 0.3) is 0 Å². The van der Waals surface area contributed by atoms with Crippen LogP contribution in [0.5, 0.6) is 0 Å². The summed E-state index contributed by atoms with van der Waals surface area (Å²) >= 11 is 0. The van der Waals surface area contributed by atoms with Crippen molar-refractivity contribution >= 4 is 5.91 Å². The van der Waals surface area contributed by atoms with Crippen LogP contribution in [-0.4, -0.2) is 25.2 Å². The second-order valence-corrected chi connectivity index (χ2v) is 3.01. The number of carbonyl (C=O) groups excluding carboxylic acids is 1. The fraction of sp³-hybridized carbons (Fsp3) is 0.750. The minimum Gasteiger partial charge on any atom is -0.380 e. The van der Waals surface area contributed by atoms with Gasteiger partial charge in [0, 0.05) is 6.04 Å². The fourth-order valence-electron chi connectivity index (χ4n) is 0.936. The Balaban J connectivity index is 2.21. The monoisotopic (exact) mass is 168 g/mol. The number of carbonyl (C=O) groups is 1. The van der Waals surface area contributed by atoms with Crippen LogP contribution >= 0.6 is 0 Å². The van der Waals surface area contributed by atoms with Crippen LogP contribution in [0.1, 0.15) is 13.3 Å². The van der Waals surface area contributed by atoms with Crippen molar-refractivity contribution in [2.45, 2.75) is 19.4 Å². The highest BCUT2D eigenvalue weighted by Crippen LogP contribution is 2.09. The highest BCUT2D eigenvalue weighted by Gasteiger charge is 2.26. The van der Waals surface area contributed by atoms with Gasteiger partial charge in [-0.1, -0.05) is 0 Å². The van der Waals surface area contributed by atoms with E-state index in [1.807, 2.05) is 13.0 Å². The molecule has 0 spiro atoms. The number of amides is 1. The van der Waals surface area contributed by atoms with E-state index in [0.29, 0.717) is 19.6 Å². The molecule has 0 saturated carbocycles. The summed E-state index contributed by atoms with van der Waals surface area (Å²) in [5.41, 5.74) is 0. The molecule has 1 heterocycles. The molecule has 1 fully saturated rings. The third kappa shape index (κ3) is 2.21. The number of nitriles is 1. The molecular weight excluding hydrogens is 156 g/mol. The maximum Gasteiger partial charge on any atom is 0.228 e. The zero-order valence-electron chi connectivity index (χ0n) is 7.04. The number of hydrogen-bond donors (Lipinski definition) is 1. The molecule has 0 aromatic heterocycles. The van der Waals surface area contributed by atoms with Gasteiger partial charge in [0.05, 0.1) is 31.6 Å². The predicted octanol–water partition coefficient (Wildman–Crippen LogP) is 0.0512. The summed E-state index contributed by atoms with van der Waals surface area (Å²) in [6.07, 6.45) is 0.360. The molecule has 0 aromatic rings. The zero-order valence-corrected chi connectivity index (χ0v) is 7.04. The van der Waals surface area contributed by atoms with E-state index in [1.165, 1.54) is 0 Å². The number of ether oxygens (including phenoxy) is 1. The molecule has 0 aliphatic carbocycles. The van der Waals surface area contributed by atoms with Gasteiger partial charge in [0.1, 0.15) is 0 Å². The summed E-state index contributed by atoms with van der Waals surface area (Å²) in [5.74, 6) is 0.00939. The second-order valence-electron chi connectivity index (χ2n) is 3.01. The number of nitrogens with zero attached hydrogens (tertiary/aromatic N) is 1. The maximum atomic E-state index is 11.2. The zero-order chi connectivity index (χ0) is 8.97. The van der Waals surface area contributed by atoms with Crippen LogP contribution in [-0.2, 0) is 9.53 Å². The van der Waals surface area contributed by atoms with Crippen molar-refractivity contribution in [1.29, 1.82) is 5.26 Å². The molecule has 0 aromatic carbocycles. The highest BCUT2D eigenvalue weighted by molar-refractivity contribution is 5.79. The van der Waals surface area contributed by atoms with Gasteiger partial charge < -0.3 is 10.1 Å². The van der Waals surface area contributed by atoms with Gasteiger partial charge in [-0.25, -0.2) is 0 Å². The summed E-state index contributed by atoms with van der Waals surface area (Å²) < 4.78 is 4.87. The van der Waals surface area contributed by atoms with Crippen molar-refractivity contribution in [2.75, 3.05) is 13.2 Å². The van der Waals surface area contributed by atoms with Crippen molar-refractivity contribution in [3.05, 3.63) is 0 Å². The van der Waals surface area contributed by atoms with Gasteiger partial charge in [-0.2, -0.15) is 5.26 Å². The number of rotatable bonds is 3. The Kier molecular flexibility index (Phi) is 3.06. The van der Waals surface area contributed by atoms with Crippen LogP contribution in [0, 0.1) is 17.2 Å². The van der Waals surface area contributed by atoms with E-state index in [9.17, 15) is 4.79 Å². The first kappa shape index (κ1) is 9.01. The van der Waals surface area contributed by atoms with Gasteiger partial charge in [-0.15, -0.1) is 0 Å². The molecule has 1 N–H and O–H groups in total. The third-order valence-corrected chi connectivity index (χ3v) is 1.79. The van der Waals surface area contributed by atoms with Crippen molar-refractivity contribution < 1.29 is 9.53 Å². The van der Waals surface area contributed by atoms with Gasteiger partial charge in [-0.3, -0.25) is 4.79 Å². The van der Waals surface area contributed by atoms with Crippen LogP contribution in [0.25, 0.3) is 0 Å². The third-order valence-electron chi connectivity index (χ3n) is 1.79. The maximum absolute atomic E-state index is 11.2. The Morgan fingerprint density at radius 2 is 2.50 bits per heavy atom. The van der Waals surface area contributed by atoms with Crippen LogP contribution < -0.4 is 5.32 Å². The minimum absolute atomic E-state index is 0.00370. The molecule has 4 heteroatoms. The van der Waals surface area contributed by atoms with Crippen molar-refractivity contribution in [2.24, 2.45) is 5.92 Å². The van der Waals surface area contributed by atoms with Crippen LogP contribution in [0.4, 0.5) is 0 Å². The largest absolute Gasteiger partial charge is 0.380 e. The summed E-state index contributed by atoms with van der Waals surface area (Å²) in [6, 6.07) is 1.95. The average Bonchev–Trinajstić information content (AvgIpc) is 1.82. The van der Waals surface area contributed by atoms with E-state index in [-0.39, 0.29) is 17.9 Å². The van der Waals surface area contributed by atoms with E-state index < -0.39 is 0 Å². The fourth-order valence-corrected chi connectivity index (χ4v) is 0.936. The molecule has 1 unspecified atom stereocenters. The van der Waals surface area contributed by atoms with Gasteiger partial charge in [-0.05, 0) is 6.92 Å². The molecule has 4 nitrogen and oxygen atoms in total. The topological polar surface area (TPSA) is 62.1 Å². The lowest BCUT2D eigenvalue weighted by Crippen LogP contribution is -2.45. The van der Waals surface area contributed by atoms with Crippen molar-refractivity contribution in [1.82, 2.24) is 5.32 Å². The van der Waals surface area contributed by atoms with E-state index in [0.717, 1.165) is 0 Å². The van der Waals surface area contributed by atoms with Gasteiger partial charge in [0.15, 0.2) is 0 Å². The van der Waals surface area contributed by atoms with E-state index in [4.69, 9.17) is 10.00 Å². The molecule has 1 aliphatic rings. The Hall–Kier alpha value is -1.08. The molecular formula is C8H12N2O2. The Morgan fingerprint density at radius 1 is 1.83 bits per heavy atom. The lowest BCUT2D eigenvalue weighted by Gasteiger charge is -2.25. The molecule has 66 valence electrons. The summed E-state index contributed by atoms with van der Waals surface area (Å²) in [4.78, 5) is 11.2. The van der Waals surface area contributed by atoms with E-state index >= 15 is 0 Å². The summed E-state index contributed by atoms with van der Waals surface area (Å²) in [7, 11) is 0. The van der Waals surface area contributed by atoms with Crippen LogP contribution in [0.15, 0.2) is 0 Å². The predicted molar refractivity (Wildman–Crippen MR) is 42.1 cm³/mol. The SMILES string of the molecule is CC(CC#N)NC(=O)C1COC1. The molecule has 0 radical (unpaired) electrons. The molecule has 1 rings (SSSR count). The van der Waals surface area contributed by atoms with Gasteiger partial charge >= 0.3 is 0 Å². The molecule has 1 aliphatic heterocycles. The first-order valence-corrected chi connectivity index (χ1v) is 3.99. The smallest absolute Gasteiger partial charge is 0.228 e. The summed E-state index contributed by atoms with van der Waals surface area (Å²) in [6.45, 7) is 2.86. The first-order chi connectivity index (χ1) is 5.74. The lowest BCUT2D eigenvalue weighted by molar-refractivity contribution is -0.139. The van der Waals surface area contributed by atoms with Crippen LogP contribution in [0.3, 0.4) is 0 Å². The van der Waals surface area contributed by atoms with Crippen LogP contribution in [0.2, 0.25) is 0 Å². The van der Waals surface area contributed by atoms with E-state index in [1.54, 1.807) is 0 Å². The molecule has 1 atom stereocenters.